The zero-order valence-corrected chi connectivity index (χ0v) is 11.4. The molecule has 0 amide bonds. The van der Waals surface area contributed by atoms with Crippen molar-refractivity contribution in [2.75, 3.05) is 0 Å². The van der Waals surface area contributed by atoms with Crippen LogP contribution in [-0.2, 0) is 21.1 Å². The average Bonchev–Trinajstić information content (AvgIpc) is 1.80. The first-order valence-electron chi connectivity index (χ1n) is 4.30. The molecular weight excluding hydrogens is 390 g/mol. The number of hydrogen-bond acceptors (Lipinski definition) is 2. The van der Waals surface area contributed by atoms with Crippen LogP contribution >= 0.6 is 0 Å². The summed E-state index contributed by atoms with van der Waals surface area (Å²) in [6, 6.07) is 1.13. The summed E-state index contributed by atoms with van der Waals surface area (Å²) in [5.41, 5.74) is 10.8. The molecule has 0 aromatic rings. The van der Waals surface area contributed by atoms with Gasteiger partial charge >= 0.3 is 21.1 Å². The van der Waals surface area contributed by atoms with Gasteiger partial charge in [-0.25, -0.2) is 0 Å². The first kappa shape index (κ1) is 19.7. The molecule has 2 rings (SSSR count). The second-order valence-electron chi connectivity index (χ2n) is 3.38. The molecule has 13 heavy (non-hydrogen) atoms. The van der Waals surface area contributed by atoms with E-state index in [1.165, 1.54) is 38.5 Å². The fourth-order valence-corrected chi connectivity index (χ4v) is 0.880. The molecule has 0 aromatic carbocycles. The van der Waals surface area contributed by atoms with Gasteiger partial charge in [-0.1, -0.05) is 12.8 Å². The van der Waals surface area contributed by atoms with Crippen LogP contribution in [0, 0.1) is 0 Å². The summed E-state index contributed by atoms with van der Waals surface area (Å²) in [6.07, 6.45) is 7.78. The van der Waals surface area contributed by atoms with Gasteiger partial charge in [0.15, 0.2) is 0 Å². The van der Waals surface area contributed by atoms with Crippen molar-refractivity contribution in [2.24, 2.45) is 11.5 Å². The zero-order chi connectivity index (χ0) is 7.40. The molecule has 2 aliphatic rings. The summed E-state index contributed by atoms with van der Waals surface area (Å²) in [5, 5.41) is 0. The molecule has 4 N–H and O–H groups in total. The van der Waals surface area contributed by atoms with Crippen LogP contribution in [0.1, 0.15) is 38.5 Å². The Morgan fingerprint density at radius 2 is 0.846 bits per heavy atom. The largest absolute Gasteiger partial charge is 2.00 e. The first-order chi connectivity index (χ1) is 4.79. The van der Waals surface area contributed by atoms with Crippen molar-refractivity contribution in [2.45, 2.75) is 50.6 Å². The number of nitrogens with two attached hydrogens (primary N) is 2. The average molecular weight is 408 g/mol. The minimum Gasteiger partial charge on any atom is -1.00 e. The van der Waals surface area contributed by atoms with E-state index in [0.29, 0.717) is 12.1 Å². The van der Waals surface area contributed by atoms with Crippen LogP contribution in [-0.4, -0.2) is 12.1 Å². The van der Waals surface area contributed by atoms with Crippen LogP contribution < -0.4 is 36.3 Å². The third-order valence-electron chi connectivity index (χ3n) is 2.30. The SMILES string of the molecule is NC1CCC1.NC1CCC1.[Cl-].[Cl-].[Pt+2]. The molecule has 0 saturated heterocycles. The Labute approximate surface area is 108 Å². The molecule has 2 fully saturated rings. The minimum absolute atomic E-state index is 0. The maximum absolute atomic E-state index is 5.38. The van der Waals surface area contributed by atoms with Gasteiger partial charge < -0.3 is 36.3 Å². The van der Waals surface area contributed by atoms with Gasteiger partial charge in [0.05, 0.1) is 0 Å². The molecule has 0 bridgehead atoms. The van der Waals surface area contributed by atoms with Crippen molar-refractivity contribution in [3.05, 3.63) is 0 Å². The van der Waals surface area contributed by atoms with E-state index in [2.05, 4.69) is 0 Å². The molecule has 0 aliphatic heterocycles. The van der Waals surface area contributed by atoms with E-state index in [0.717, 1.165) is 0 Å². The molecule has 0 spiro atoms. The van der Waals surface area contributed by atoms with Crippen LogP contribution in [0.5, 0.6) is 0 Å². The van der Waals surface area contributed by atoms with E-state index < -0.39 is 0 Å². The van der Waals surface area contributed by atoms with Gasteiger partial charge in [0.1, 0.15) is 0 Å². The van der Waals surface area contributed by atoms with Gasteiger partial charge in [0, 0.05) is 12.1 Å². The molecular formula is C8H18Cl2N2Pt. The van der Waals surface area contributed by atoms with Crippen molar-refractivity contribution in [3.63, 3.8) is 0 Å². The molecule has 0 aromatic heterocycles. The first-order valence-corrected chi connectivity index (χ1v) is 4.30. The van der Waals surface area contributed by atoms with E-state index in [1.54, 1.807) is 0 Å². The standard InChI is InChI=1S/2C4H9N.2ClH.Pt/c2*5-4-2-1-3-4;;;/h2*4H,1-3,5H2;2*1H;/q;;;;+2/p-2. The molecule has 0 radical (unpaired) electrons. The Balaban J connectivity index is -0.000000125. The smallest absolute Gasteiger partial charge is 1.00 e. The molecule has 2 saturated carbocycles. The normalized spacial score (nSPS) is 19.8. The van der Waals surface area contributed by atoms with Crippen molar-refractivity contribution in [1.82, 2.24) is 0 Å². The minimum atomic E-state index is 0. The fraction of sp³-hybridized carbons (Fsp3) is 1.00. The van der Waals surface area contributed by atoms with E-state index >= 15 is 0 Å². The van der Waals surface area contributed by atoms with Gasteiger partial charge in [-0.3, -0.25) is 0 Å². The van der Waals surface area contributed by atoms with Crippen LogP contribution in [0.25, 0.3) is 0 Å². The van der Waals surface area contributed by atoms with Crippen molar-refractivity contribution < 1.29 is 45.9 Å². The van der Waals surface area contributed by atoms with E-state index in [9.17, 15) is 0 Å². The summed E-state index contributed by atoms with van der Waals surface area (Å²) < 4.78 is 0. The monoisotopic (exact) mass is 407 g/mol. The number of rotatable bonds is 0. The predicted molar refractivity (Wildman–Crippen MR) is 43.7 cm³/mol. The Kier molecular flexibility index (Phi) is 17.1. The van der Waals surface area contributed by atoms with E-state index in [1.807, 2.05) is 0 Å². The number of hydrogen-bond donors (Lipinski definition) is 2. The fourth-order valence-electron chi connectivity index (χ4n) is 0.880. The Morgan fingerprint density at radius 1 is 0.692 bits per heavy atom. The maximum atomic E-state index is 5.38. The molecule has 0 unspecified atom stereocenters. The van der Waals surface area contributed by atoms with E-state index in [-0.39, 0.29) is 45.9 Å². The molecule has 2 nitrogen and oxygen atoms in total. The Morgan fingerprint density at radius 3 is 0.846 bits per heavy atom. The van der Waals surface area contributed by atoms with Gasteiger partial charge in [0.2, 0.25) is 0 Å². The van der Waals surface area contributed by atoms with Crippen LogP contribution in [0.2, 0.25) is 0 Å². The summed E-state index contributed by atoms with van der Waals surface area (Å²) in [5.74, 6) is 0. The molecule has 0 heterocycles. The van der Waals surface area contributed by atoms with Crippen LogP contribution in [0.15, 0.2) is 0 Å². The Bertz CT molecular complexity index is 86.1. The zero-order valence-electron chi connectivity index (χ0n) is 7.62. The quantitative estimate of drug-likeness (QED) is 0.422. The third kappa shape index (κ3) is 9.49. The summed E-state index contributed by atoms with van der Waals surface area (Å²) in [4.78, 5) is 0. The second-order valence-corrected chi connectivity index (χ2v) is 3.38. The summed E-state index contributed by atoms with van der Waals surface area (Å²) in [6.45, 7) is 0. The predicted octanol–water partition coefficient (Wildman–Crippen LogP) is -5.00. The summed E-state index contributed by atoms with van der Waals surface area (Å²) in [7, 11) is 0. The van der Waals surface area contributed by atoms with Crippen molar-refractivity contribution in [3.8, 4) is 0 Å². The van der Waals surface area contributed by atoms with E-state index in [4.69, 9.17) is 11.5 Å². The maximum Gasteiger partial charge on any atom is 2.00 e. The summed E-state index contributed by atoms with van der Waals surface area (Å²) >= 11 is 0. The molecule has 5 heteroatoms. The second kappa shape index (κ2) is 11.3. The van der Waals surface area contributed by atoms with Gasteiger partial charge in [-0.05, 0) is 25.7 Å². The topological polar surface area (TPSA) is 52.0 Å². The Hall–Kier alpha value is 1.19. The van der Waals surface area contributed by atoms with Gasteiger partial charge in [0.25, 0.3) is 0 Å². The van der Waals surface area contributed by atoms with Crippen LogP contribution in [0.3, 0.4) is 0 Å². The number of halogens is 2. The van der Waals surface area contributed by atoms with Gasteiger partial charge in [-0.15, -0.1) is 0 Å². The molecule has 84 valence electrons. The van der Waals surface area contributed by atoms with Crippen molar-refractivity contribution >= 4 is 0 Å². The van der Waals surface area contributed by atoms with Crippen molar-refractivity contribution in [1.29, 1.82) is 0 Å². The van der Waals surface area contributed by atoms with Gasteiger partial charge in [-0.2, -0.15) is 0 Å². The third-order valence-corrected chi connectivity index (χ3v) is 2.30. The molecule has 0 atom stereocenters. The molecule has 2 aliphatic carbocycles. The van der Waals surface area contributed by atoms with Crippen LogP contribution in [0.4, 0.5) is 0 Å².